The average Bonchev–Trinajstić information content (AvgIpc) is 2.11. The number of hydrogen-bond donors (Lipinski definition) is 1. The normalized spacial score (nSPS) is 10.2. The van der Waals surface area contributed by atoms with Crippen LogP contribution < -0.4 is 4.74 Å². The number of hydrogen-bond acceptors (Lipinski definition) is 2. The number of phenolic OH excluding ortho intramolecular Hbond substituents is 1. The van der Waals surface area contributed by atoms with E-state index in [9.17, 15) is 5.11 Å². The third kappa shape index (κ3) is 2.39. The highest BCUT2D eigenvalue weighted by Crippen LogP contribution is 2.43. The fourth-order valence-corrected chi connectivity index (χ4v) is 2.21. The monoisotopic (exact) mass is 372 g/mol. The molecule has 0 spiro atoms. The van der Waals surface area contributed by atoms with Crippen LogP contribution in [-0.2, 0) is 0 Å². The van der Waals surface area contributed by atoms with Crippen molar-refractivity contribution < 1.29 is 9.84 Å². The minimum atomic E-state index is 0.108. The van der Waals surface area contributed by atoms with E-state index < -0.39 is 0 Å². The average molecular weight is 375 g/mol. The Hall–Kier alpha value is 0.260. The lowest BCUT2D eigenvalue weighted by molar-refractivity contribution is 0.317. The summed E-state index contributed by atoms with van der Waals surface area (Å²) in [4.78, 5) is 0. The number of rotatable bonds is 2. The minimum absolute atomic E-state index is 0.108. The molecule has 0 aromatic heterocycles. The largest absolute Gasteiger partial charge is 0.503 e. The summed E-state index contributed by atoms with van der Waals surface area (Å²) in [6, 6.07) is 1.72. The van der Waals surface area contributed by atoms with E-state index in [1.807, 2.05) is 6.92 Å². The molecule has 1 rings (SSSR count). The molecule has 0 heterocycles. The van der Waals surface area contributed by atoms with E-state index in [2.05, 4.69) is 47.8 Å². The van der Waals surface area contributed by atoms with Crippen molar-refractivity contribution in [3.8, 4) is 11.5 Å². The standard InChI is InChI=1S/C8H7Br3O2/c1-2-13-5-3-4(9)6(10)7(11)8(5)12/h3,12H,2H2,1H3. The maximum absolute atomic E-state index is 9.61. The van der Waals surface area contributed by atoms with Crippen LogP contribution in [0.3, 0.4) is 0 Å². The van der Waals surface area contributed by atoms with E-state index in [4.69, 9.17) is 4.74 Å². The van der Waals surface area contributed by atoms with Crippen molar-refractivity contribution in [2.75, 3.05) is 6.61 Å². The molecule has 0 saturated carbocycles. The molecule has 13 heavy (non-hydrogen) atoms. The first kappa shape index (κ1) is 11.3. The smallest absolute Gasteiger partial charge is 0.173 e. The molecule has 1 aromatic rings. The molecule has 0 atom stereocenters. The van der Waals surface area contributed by atoms with Gasteiger partial charge in [-0.15, -0.1) is 0 Å². The van der Waals surface area contributed by atoms with Crippen LogP contribution >= 0.6 is 47.8 Å². The molecule has 5 heteroatoms. The van der Waals surface area contributed by atoms with Crippen molar-refractivity contribution in [1.82, 2.24) is 0 Å². The summed E-state index contributed by atoms with van der Waals surface area (Å²) in [5.41, 5.74) is 0. The molecular weight excluding hydrogens is 368 g/mol. The van der Waals surface area contributed by atoms with Crippen LogP contribution in [0.2, 0.25) is 0 Å². The van der Waals surface area contributed by atoms with Crippen LogP contribution in [0.25, 0.3) is 0 Å². The lowest BCUT2D eigenvalue weighted by Crippen LogP contribution is -1.92. The molecule has 0 aliphatic carbocycles. The molecule has 2 nitrogen and oxygen atoms in total. The summed E-state index contributed by atoms with van der Waals surface area (Å²) in [6.07, 6.45) is 0. The molecule has 1 aromatic carbocycles. The van der Waals surface area contributed by atoms with Gasteiger partial charge in [0.1, 0.15) is 0 Å². The van der Waals surface area contributed by atoms with Crippen LogP contribution in [0.15, 0.2) is 19.5 Å². The van der Waals surface area contributed by atoms with Crippen LogP contribution in [0, 0.1) is 0 Å². The molecule has 0 unspecified atom stereocenters. The molecule has 72 valence electrons. The van der Waals surface area contributed by atoms with Crippen molar-refractivity contribution >= 4 is 47.8 Å². The molecular formula is C8H7Br3O2. The van der Waals surface area contributed by atoms with Crippen LogP contribution in [-0.4, -0.2) is 11.7 Å². The fraction of sp³-hybridized carbons (Fsp3) is 0.250. The van der Waals surface area contributed by atoms with Gasteiger partial charge in [-0.25, -0.2) is 0 Å². The van der Waals surface area contributed by atoms with Gasteiger partial charge in [-0.1, -0.05) is 0 Å². The SMILES string of the molecule is CCOc1cc(Br)c(Br)c(Br)c1O. The predicted octanol–water partition coefficient (Wildman–Crippen LogP) is 4.08. The third-order valence-corrected chi connectivity index (χ3v) is 4.69. The van der Waals surface area contributed by atoms with Gasteiger partial charge in [0.15, 0.2) is 11.5 Å². The van der Waals surface area contributed by atoms with Crippen LogP contribution in [0.4, 0.5) is 0 Å². The first-order valence-electron chi connectivity index (χ1n) is 3.57. The van der Waals surface area contributed by atoms with E-state index in [1.165, 1.54) is 0 Å². The van der Waals surface area contributed by atoms with Gasteiger partial charge in [0.2, 0.25) is 0 Å². The number of ether oxygens (including phenoxy) is 1. The van der Waals surface area contributed by atoms with Crippen molar-refractivity contribution in [1.29, 1.82) is 0 Å². The Morgan fingerprint density at radius 2 is 1.92 bits per heavy atom. The Bertz CT molecular complexity index is 326. The van der Waals surface area contributed by atoms with Gasteiger partial charge in [-0.2, -0.15) is 0 Å². The van der Waals surface area contributed by atoms with Crippen molar-refractivity contribution in [3.63, 3.8) is 0 Å². The fourth-order valence-electron chi connectivity index (χ4n) is 0.829. The Morgan fingerprint density at radius 3 is 2.46 bits per heavy atom. The molecule has 0 amide bonds. The van der Waals surface area contributed by atoms with E-state index in [-0.39, 0.29) is 5.75 Å². The highest BCUT2D eigenvalue weighted by atomic mass is 79.9. The first-order valence-corrected chi connectivity index (χ1v) is 5.95. The van der Waals surface area contributed by atoms with Crippen LogP contribution in [0.1, 0.15) is 6.92 Å². The lowest BCUT2D eigenvalue weighted by atomic mass is 10.3. The third-order valence-electron chi connectivity index (χ3n) is 1.40. The second kappa shape index (κ2) is 4.66. The summed E-state index contributed by atoms with van der Waals surface area (Å²) in [6.45, 7) is 2.39. The first-order chi connectivity index (χ1) is 6.07. The van der Waals surface area contributed by atoms with Gasteiger partial charge in [0.05, 0.1) is 11.1 Å². The number of aromatic hydroxyl groups is 1. The second-order valence-electron chi connectivity index (χ2n) is 2.27. The summed E-state index contributed by atoms with van der Waals surface area (Å²) in [5, 5.41) is 9.61. The zero-order valence-corrected chi connectivity index (χ0v) is 11.5. The molecule has 1 N–H and O–H groups in total. The Labute approximate surface area is 102 Å². The number of halogens is 3. The van der Waals surface area contributed by atoms with Gasteiger partial charge in [-0.3, -0.25) is 0 Å². The van der Waals surface area contributed by atoms with E-state index in [1.54, 1.807) is 6.07 Å². The summed E-state index contributed by atoms with van der Waals surface area (Å²) in [5.74, 6) is 0.571. The van der Waals surface area contributed by atoms with Crippen LogP contribution in [0.5, 0.6) is 11.5 Å². The maximum Gasteiger partial charge on any atom is 0.173 e. The summed E-state index contributed by atoms with van der Waals surface area (Å²) in [7, 11) is 0. The van der Waals surface area contributed by atoms with E-state index >= 15 is 0 Å². The quantitative estimate of drug-likeness (QED) is 0.790. The maximum atomic E-state index is 9.61. The van der Waals surface area contributed by atoms with Gasteiger partial charge < -0.3 is 9.84 Å². The highest BCUT2D eigenvalue weighted by molar-refractivity contribution is 9.14. The molecule has 0 aliphatic rings. The van der Waals surface area contributed by atoms with E-state index in [0.717, 1.165) is 8.95 Å². The number of benzene rings is 1. The Balaban J connectivity index is 3.24. The topological polar surface area (TPSA) is 29.5 Å². The summed E-state index contributed by atoms with van der Waals surface area (Å²) >= 11 is 9.88. The lowest BCUT2D eigenvalue weighted by Gasteiger charge is -2.09. The highest BCUT2D eigenvalue weighted by Gasteiger charge is 2.13. The van der Waals surface area contributed by atoms with Gasteiger partial charge in [0, 0.05) is 8.95 Å². The zero-order chi connectivity index (χ0) is 10.0. The Kier molecular flexibility index (Phi) is 4.06. The van der Waals surface area contributed by atoms with Crippen molar-refractivity contribution in [2.45, 2.75) is 6.92 Å². The number of phenols is 1. The molecule has 0 fully saturated rings. The molecule has 0 bridgehead atoms. The Morgan fingerprint density at radius 1 is 1.31 bits per heavy atom. The van der Waals surface area contributed by atoms with Crippen molar-refractivity contribution in [3.05, 3.63) is 19.5 Å². The molecule has 0 saturated heterocycles. The molecule has 0 aliphatic heterocycles. The van der Waals surface area contributed by atoms with Gasteiger partial charge >= 0.3 is 0 Å². The van der Waals surface area contributed by atoms with Gasteiger partial charge in [0.25, 0.3) is 0 Å². The molecule has 0 radical (unpaired) electrons. The predicted molar refractivity (Wildman–Crippen MR) is 62.4 cm³/mol. The minimum Gasteiger partial charge on any atom is -0.503 e. The van der Waals surface area contributed by atoms with Crippen molar-refractivity contribution in [2.24, 2.45) is 0 Å². The zero-order valence-electron chi connectivity index (χ0n) is 6.77. The summed E-state index contributed by atoms with van der Waals surface area (Å²) < 4.78 is 7.42. The van der Waals surface area contributed by atoms with Gasteiger partial charge in [-0.05, 0) is 60.8 Å². The second-order valence-corrected chi connectivity index (χ2v) is 4.71. The van der Waals surface area contributed by atoms with E-state index in [0.29, 0.717) is 16.8 Å².